The summed E-state index contributed by atoms with van der Waals surface area (Å²) in [6, 6.07) is 6.80. The average molecular weight is 376 g/mol. The quantitative estimate of drug-likeness (QED) is 0.746. The lowest BCUT2D eigenvalue weighted by atomic mass is 10.0. The molecule has 1 aliphatic rings. The van der Waals surface area contributed by atoms with Crippen molar-refractivity contribution < 1.29 is 9.90 Å². The number of hydrogen-bond donors (Lipinski definition) is 1. The van der Waals surface area contributed by atoms with Crippen LogP contribution in [0.2, 0.25) is 0 Å². The minimum absolute atomic E-state index is 0.0559. The molecule has 28 heavy (non-hydrogen) atoms. The number of carbonyl (C=O) groups excluding carboxylic acids is 1. The Balaban J connectivity index is 1.72. The first-order valence-electron chi connectivity index (χ1n) is 8.95. The molecule has 4 rings (SSSR count). The lowest BCUT2D eigenvalue weighted by Gasteiger charge is -2.30. The van der Waals surface area contributed by atoms with Gasteiger partial charge in [-0.15, -0.1) is 0 Å². The van der Waals surface area contributed by atoms with Crippen molar-refractivity contribution in [2.45, 2.75) is 13.0 Å². The predicted molar refractivity (Wildman–Crippen MR) is 104 cm³/mol. The van der Waals surface area contributed by atoms with Gasteiger partial charge in [0.1, 0.15) is 11.6 Å². The number of aromatic hydroxyl groups is 1. The summed E-state index contributed by atoms with van der Waals surface area (Å²) in [6.45, 7) is 0.846. The summed E-state index contributed by atoms with van der Waals surface area (Å²) < 4.78 is 0. The van der Waals surface area contributed by atoms with E-state index < -0.39 is 0 Å². The fourth-order valence-corrected chi connectivity index (χ4v) is 3.29. The second kappa shape index (κ2) is 7.22. The zero-order valence-electron chi connectivity index (χ0n) is 15.7. The summed E-state index contributed by atoms with van der Waals surface area (Å²) in [4.78, 5) is 34.1. The molecular weight excluding hydrogens is 356 g/mol. The van der Waals surface area contributed by atoms with Gasteiger partial charge in [0.15, 0.2) is 11.5 Å². The van der Waals surface area contributed by atoms with Gasteiger partial charge in [0.2, 0.25) is 0 Å². The van der Waals surface area contributed by atoms with Gasteiger partial charge in [0.25, 0.3) is 5.91 Å². The molecule has 8 nitrogen and oxygen atoms in total. The van der Waals surface area contributed by atoms with Crippen molar-refractivity contribution in [3.05, 3.63) is 59.8 Å². The van der Waals surface area contributed by atoms with Crippen LogP contribution in [0.5, 0.6) is 5.75 Å². The standard InChI is InChI=1S/C20H20N6O2/c1-25(2)19-14-7-10-26(20(28)17-16(27)6-4-9-22-17)12-15(14)23-18(24-19)13-5-3-8-21-11-13/h3-6,8-9,11,27H,7,10,12H2,1-2H3. The Morgan fingerprint density at radius 2 is 2.00 bits per heavy atom. The van der Waals surface area contributed by atoms with Crippen molar-refractivity contribution >= 4 is 11.7 Å². The average Bonchev–Trinajstić information content (AvgIpc) is 2.73. The fraction of sp³-hybridized carbons (Fsp3) is 0.250. The van der Waals surface area contributed by atoms with E-state index in [1.807, 2.05) is 31.1 Å². The highest BCUT2D eigenvalue weighted by Gasteiger charge is 2.28. The predicted octanol–water partition coefficient (Wildman–Crippen LogP) is 1.90. The van der Waals surface area contributed by atoms with Crippen molar-refractivity contribution in [1.82, 2.24) is 24.8 Å². The molecule has 0 saturated carbocycles. The summed E-state index contributed by atoms with van der Waals surface area (Å²) in [5, 5.41) is 9.97. The van der Waals surface area contributed by atoms with Gasteiger partial charge in [0.05, 0.1) is 12.2 Å². The Hall–Kier alpha value is -3.55. The molecule has 0 saturated heterocycles. The minimum Gasteiger partial charge on any atom is -0.505 e. The number of hydrogen-bond acceptors (Lipinski definition) is 7. The first-order valence-corrected chi connectivity index (χ1v) is 8.95. The molecule has 0 bridgehead atoms. The molecule has 0 aliphatic carbocycles. The van der Waals surface area contributed by atoms with Crippen LogP contribution in [0.3, 0.4) is 0 Å². The van der Waals surface area contributed by atoms with Crippen LogP contribution >= 0.6 is 0 Å². The third kappa shape index (κ3) is 3.24. The van der Waals surface area contributed by atoms with Crippen LogP contribution in [0.25, 0.3) is 11.4 Å². The zero-order chi connectivity index (χ0) is 19.7. The van der Waals surface area contributed by atoms with Crippen molar-refractivity contribution in [2.24, 2.45) is 0 Å². The van der Waals surface area contributed by atoms with Gasteiger partial charge in [-0.25, -0.2) is 15.0 Å². The largest absolute Gasteiger partial charge is 0.505 e. The molecule has 1 amide bonds. The number of amides is 1. The van der Waals surface area contributed by atoms with Gasteiger partial charge in [0, 0.05) is 50.4 Å². The molecule has 1 aliphatic heterocycles. The summed E-state index contributed by atoms with van der Waals surface area (Å²) in [7, 11) is 3.89. The topological polar surface area (TPSA) is 95.3 Å². The second-order valence-electron chi connectivity index (χ2n) is 6.78. The molecule has 142 valence electrons. The summed E-state index contributed by atoms with van der Waals surface area (Å²) in [5.41, 5.74) is 2.71. The number of carbonyl (C=O) groups is 1. The molecule has 0 aromatic carbocycles. The van der Waals surface area contributed by atoms with E-state index in [2.05, 4.69) is 9.97 Å². The van der Waals surface area contributed by atoms with E-state index in [1.54, 1.807) is 23.4 Å². The van der Waals surface area contributed by atoms with E-state index in [4.69, 9.17) is 9.97 Å². The highest BCUT2D eigenvalue weighted by molar-refractivity contribution is 5.94. The molecule has 4 heterocycles. The Kier molecular flexibility index (Phi) is 4.60. The smallest absolute Gasteiger partial charge is 0.276 e. The van der Waals surface area contributed by atoms with E-state index in [1.165, 1.54) is 12.3 Å². The highest BCUT2D eigenvalue weighted by atomic mass is 16.3. The van der Waals surface area contributed by atoms with E-state index >= 15 is 0 Å². The molecule has 0 spiro atoms. The van der Waals surface area contributed by atoms with Crippen LogP contribution in [0.1, 0.15) is 21.7 Å². The minimum atomic E-state index is -0.309. The van der Waals surface area contributed by atoms with Crippen LogP contribution in [0.4, 0.5) is 5.82 Å². The van der Waals surface area contributed by atoms with Crippen LogP contribution in [0, 0.1) is 0 Å². The van der Waals surface area contributed by atoms with Gasteiger partial charge >= 0.3 is 0 Å². The van der Waals surface area contributed by atoms with Crippen LogP contribution in [0.15, 0.2) is 42.9 Å². The Morgan fingerprint density at radius 1 is 1.18 bits per heavy atom. The fourth-order valence-electron chi connectivity index (χ4n) is 3.29. The normalized spacial score (nSPS) is 13.1. The van der Waals surface area contributed by atoms with E-state index in [0.717, 1.165) is 22.6 Å². The highest BCUT2D eigenvalue weighted by Crippen LogP contribution is 2.29. The maximum absolute atomic E-state index is 12.8. The maximum atomic E-state index is 12.8. The number of nitrogens with zero attached hydrogens (tertiary/aromatic N) is 6. The van der Waals surface area contributed by atoms with Crippen molar-refractivity contribution in [3.63, 3.8) is 0 Å². The summed E-state index contributed by atoms with van der Waals surface area (Å²) in [6.07, 6.45) is 5.56. The number of pyridine rings is 2. The van der Waals surface area contributed by atoms with Gasteiger partial charge in [-0.2, -0.15) is 0 Å². The molecule has 0 radical (unpaired) electrons. The second-order valence-corrected chi connectivity index (χ2v) is 6.78. The lowest BCUT2D eigenvalue weighted by Crippen LogP contribution is -2.38. The third-order valence-corrected chi connectivity index (χ3v) is 4.66. The Bertz CT molecular complexity index is 1020. The summed E-state index contributed by atoms with van der Waals surface area (Å²) >= 11 is 0. The molecule has 8 heteroatoms. The van der Waals surface area contributed by atoms with Crippen molar-refractivity contribution in [1.29, 1.82) is 0 Å². The monoisotopic (exact) mass is 376 g/mol. The third-order valence-electron chi connectivity index (χ3n) is 4.66. The molecule has 0 fully saturated rings. The number of anilines is 1. The molecule has 3 aromatic rings. The number of aromatic nitrogens is 4. The SMILES string of the molecule is CN(C)c1nc(-c2cccnc2)nc2c1CCN(C(=O)c1ncccc1O)C2. The van der Waals surface area contributed by atoms with Gasteiger partial charge < -0.3 is 14.9 Å². The van der Waals surface area contributed by atoms with Gasteiger partial charge in [-0.05, 0) is 30.7 Å². The molecule has 0 unspecified atom stereocenters. The van der Waals surface area contributed by atoms with Crippen LogP contribution < -0.4 is 4.90 Å². The Labute approximate surface area is 162 Å². The Morgan fingerprint density at radius 3 is 2.71 bits per heavy atom. The van der Waals surface area contributed by atoms with E-state index in [0.29, 0.717) is 25.3 Å². The lowest BCUT2D eigenvalue weighted by molar-refractivity contribution is 0.0722. The van der Waals surface area contributed by atoms with Crippen LogP contribution in [-0.2, 0) is 13.0 Å². The van der Waals surface area contributed by atoms with Gasteiger partial charge in [-0.3, -0.25) is 9.78 Å². The summed E-state index contributed by atoms with van der Waals surface area (Å²) in [5.74, 6) is 0.991. The molecule has 1 N–H and O–H groups in total. The zero-order valence-corrected chi connectivity index (χ0v) is 15.7. The van der Waals surface area contributed by atoms with Crippen molar-refractivity contribution in [3.8, 4) is 17.1 Å². The number of rotatable bonds is 3. The van der Waals surface area contributed by atoms with E-state index in [-0.39, 0.29) is 17.4 Å². The maximum Gasteiger partial charge on any atom is 0.276 e. The van der Waals surface area contributed by atoms with E-state index in [9.17, 15) is 9.90 Å². The molecule has 3 aromatic heterocycles. The van der Waals surface area contributed by atoms with Crippen molar-refractivity contribution in [2.75, 3.05) is 25.5 Å². The molecular formula is C20H20N6O2. The van der Waals surface area contributed by atoms with Gasteiger partial charge in [-0.1, -0.05) is 0 Å². The molecule has 0 atom stereocenters. The first kappa shape index (κ1) is 17.8. The first-order chi connectivity index (χ1) is 13.5. The number of fused-ring (bicyclic) bond motifs is 1. The van der Waals surface area contributed by atoms with Crippen LogP contribution in [-0.4, -0.2) is 56.5 Å².